The molecule has 2 aromatic heterocycles. The van der Waals surface area contributed by atoms with Gasteiger partial charge in [0.25, 0.3) is 5.91 Å². The molecule has 0 aliphatic rings. The minimum atomic E-state index is -0.234. The van der Waals surface area contributed by atoms with E-state index >= 15 is 0 Å². The number of hydrogen-bond donors (Lipinski definition) is 1. The van der Waals surface area contributed by atoms with Gasteiger partial charge in [-0.1, -0.05) is 35.9 Å². The smallest absolute Gasteiger partial charge is 0.275 e. The number of halogens is 1. The van der Waals surface area contributed by atoms with Gasteiger partial charge in [-0.3, -0.25) is 4.79 Å². The van der Waals surface area contributed by atoms with Gasteiger partial charge in [0.05, 0.1) is 0 Å². The van der Waals surface area contributed by atoms with Crippen molar-refractivity contribution in [3.05, 3.63) is 88.4 Å². The normalized spacial score (nSPS) is 10.8. The Morgan fingerprint density at radius 2 is 2.04 bits per heavy atom. The van der Waals surface area contributed by atoms with Gasteiger partial charge in [-0.05, 0) is 36.8 Å². The molecule has 0 atom stereocenters. The Labute approximate surface area is 171 Å². The molecule has 2 aromatic carbocycles. The Hall–Kier alpha value is -2.96. The van der Waals surface area contributed by atoms with E-state index in [1.54, 1.807) is 11.6 Å². The third kappa shape index (κ3) is 4.13. The number of thiazole rings is 1. The van der Waals surface area contributed by atoms with Crippen molar-refractivity contribution in [2.75, 3.05) is 5.32 Å². The van der Waals surface area contributed by atoms with Crippen LogP contribution in [0.1, 0.15) is 21.9 Å². The molecule has 7 heteroatoms. The second-order valence-corrected chi connectivity index (χ2v) is 7.60. The standard InChI is InChI=1S/C21H17ClN4OS/c1-14-23-9-10-26(14)12-15-5-7-18(8-6-15)24-20(27)19-13-28-21(25-19)16-3-2-4-17(22)11-16/h2-11,13H,12H2,1H3,(H,24,27). The molecule has 1 amide bonds. The minimum Gasteiger partial charge on any atom is -0.331 e. The van der Waals surface area contributed by atoms with Gasteiger partial charge in [-0.2, -0.15) is 0 Å². The highest BCUT2D eigenvalue weighted by atomic mass is 35.5. The summed E-state index contributed by atoms with van der Waals surface area (Å²) in [6.45, 7) is 2.72. The maximum atomic E-state index is 12.5. The van der Waals surface area contributed by atoms with Crippen LogP contribution < -0.4 is 5.32 Å². The monoisotopic (exact) mass is 408 g/mol. The molecule has 140 valence electrons. The van der Waals surface area contributed by atoms with Gasteiger partial charge in [-0.15, -0.1) is 11.3 Å². The molecular weight excluding hydrogens is 392 g/mol. The Bertz CT molecular complexity index is 1120. The lowest BCUT2D eigenvalue weighted by Gasteiger charge is -2.07. The van der Waals surface area contributed by atoms with Crippen molar-refractivity contribution < 1.29 is 4.79 Å². The lowest BCUT2D eigenvalue weighted by molar-refractivity contribution is 0.102. The van der Waals surface area contributed by atoms with Crippen molar-refractivity contribution in [1.29, 1.82) is 0 Å². The second-order valence-electron chi connectivity index (χ2n) is 6.30. The summed E-state index contributed by atoms with van der Waals surface area (Å²) in [4.78, 5) is 21.2. The van der Waals surface area contributed by atoms with Gasteiger partial charge >= 0.3 is 0 Å². The number of anilines is 1. The van der Waals surface area contributed by atoms with Gasteiger partial charge in [0.1, 0.15) is 16.5 Å². The van der Waals surface area contributed by atoms with E-state index in [1.807, 2.05) is 61.7 Å². The molecule has 0 spiro atoms. The van der Waals surface area contributed by atoms with Gasteiger partial charge in [-0.25, -0.2) is 9.97 Å². The Balaban J connectivity index is 1.43. The largest absolute Gasteiger partial charge is 0.331 e. The maximum Gasteiger partial charge on any atom is 0.275 e. The highest BCUT2D eigenvalue weighted by Crippen LogP contribution is 2.26. The number of nitrogens with zero attached hydrogens (tertiary/aromatic N) is 3. The summed E-state index contributed by atoms with van der Waals surface area (Å²) in [6.07, 6.45) is 3.74. The summed E-state index contributed by atoms with van der Waals surface area (Å²) in [7, 11) is 0. The van der Waals surface area contributed by atoms with Crippen LogP contribution in [0.2, 0.25) is 5.02 Å². The molecule has 0 saturated carbocycles. The zero-order chi connectivity index (χ0) is 19.5. The topological polar surface area (TPSA) is 59.8 Å². The highest BCUT2D eigenvalue weighted by molar-refractivity contribution is 7.13. The number of rotatable bonds is 5. The first-order chi connectivity index (χ1) is 13.6. The van der Waals surface area contributed by atoms with E-state index in [-0.39, 0.29) is 5.91 Å². The number of amides is 1. The van der Waals surface area contributed by atoms with Gasteiger partial charge in [0.2, 0.25) is 0 Å². The first-order valence-electron chi connectivity index (χ1n) is 8.68. The lowest BCUT2D eigenvalue weighted by Crippen LogP contribution is -2.12. The first kappa shape index (κ1) is 18.4. The highest BCUT2D eigenvalue weighted by Gasteiger charge is 2.12. The van der Waals surface area contributed by atoms with Gasteiger partial charge in [0.15, 0.2) is 0 Å². The summed E-state index contributed by atoms with van der Waals surface area (Å²) < 4.78 is 2.07. The molecule has 0 saturated heterocycles. The van der Waals surface area contributed by atoms with Crippen molar-refractivity contribution >= 4 is 34.5 Å². The van der Waals surface area contributed by atoms with Crippen LogP contribution in [-0.2, 0) is 6.54 Å². The van der Waals surface area contributed by atoms with Crippen LogP contribution in [0.25, 0.3) is 10.6 Å². The fourth-order valence-electron chi connectivity index (χ4n) is 2.79. The predicted molar refractivity (Wildman–Crippen MR) is 113 cm³/mol. The van der Waals surface area contributed by atoms with E-state index in [1.165, 1.54) is 11.3 Å². The van der Waals surface area contributed by atoms with Crippen LogP contribution in [0.3, 0.4) is 0 Å². The number of aromatic nitrogens is 3. The van der Waals surface area contributed by atoms with E-state index in [2.05, 4.69) is 19.9 Å². The third-order valence-electron chi connectivity index (χ3n) is 4.30. The lowest BCUT2D eigenvalue weighted by atomic mass is 10.2. The molecule has 0 fully saturated rings. The fourth-order valence-corrected chi connectivity index (χ4v) is 3.78. The Morgan fingerprint density at radius 1 is 1.21 bits per heavy atom. The number of carbonyl (C=O) groups is 1. The van der Waals surface area contributed by atoms with Crippen LogP contribution in [0, 0.1) is 6.92 Å². The second kappa shape index (κ2) is 7.96. The molecule has 0 aliphatic heterocycles. The van der Waals surface area contributed by atoms with E-state index in [4.69, 9.17) is 11.6 Å². The summed E-state index contributed by atoms with van der Waals surface area (Å²) in [5, 5.41) is 6.05. The zero-order valence-electron chi connectivity index (χ0n) is 15.1. The minimum absolute atomic E-state index is 0.234. The number of imidazole rings is 1. The molecule has 0 radical (unpaired) electrons. The molecule has 28 heavy (non-hydrogen) atoms. The molecule has 2 heterocycles. The van der Waals surface area contributed by atoms with Crippen LogP contribution in [-0.4, -0.2) is 20.4 Å². The van der Waals surface area contributed by atoms with E-state index in [0.717, 1.165) is 34.2 Å². The summed E-state index contributed by atoms with van der Waals surface area (Å²) in [5.41, 5.74) is 3.15. The molecule has 4 aromatic rings. The molecule has 4 rings (SSSR count). The number of benzene rings is 2. The third-order valence-corrected chi connectivity index (χ3v) is 5.42. The van der Waals surface area contributed by atoms with Crippen LogP contribution in [0.15, 0.2) is 66.3 Å². The van der Waals surface area contributed by atoms with E-state index in [0.29, 0.717) is 10.7 Å². The van der Waals surface area contributed by atoms with Crippen molar-refractivity contribution in [2.45, 2.75) is 13.5 Å². The molecule has 0 bridgehead atoms. The van der Waals surface area contributed by atoms with Crippen molar-refractivity contribution in [1.82, 2.24) is 14.5 Å². The zero-order valence-corrected chi connectivity index (χ0v) is 16.7. The van der Waals surface area contributed by atoms with Crippen LogP contribution in [0.4, 0.5) is 5.69 Å². The molecule has 5 nitrogen and oxygen atoms in total. The van der Waals surface area contributed by atoms with Crippen molar-refractivity contribution in [2.24, 2.45) is 0 Å². The quantitative estimate of drug-likeness (QED) is 0.489. The Morgan fingerprint density at radius 3 is 2.75 bits per heavy atom. The number of aryl methyl sites for hydroxylation is 1. The summed E-state index contributed by atoms with van der Waals surface area (Å²) in [5.74, 6) is 0.735. The number of hydrogen-bond acceptors (Lipinski definition) is 4. The summed E-state index contributed by atoms with van der Waals surface area (Å²) in [6, 6.07) is 15.2. The first-order valence-corrected chi connectivity index (χ1v) is 9.94. The average molecular weight is 409 g/mol. The van der Waals surface area contributed by atoms with Crippen LogP contribution in [0.5, 0.6) is 0 Å². The molecule has 0 aliphatic carbocycles. The number of carbonyl (C=O) groups excluding carboxylic acids is 1. The van der Waals surface area contributed by atoms with Gasteiger partial charge < -0.3 is 9.88 Å². The van der Waals surface area contributed by atoms with E-state index in [9.17, 15) is 4.79 Å². The summed E-state index contributed by atoms with van der Waals surface area (Å²) >= 11 is 7.45. The fraction of sp³-hybridized carbons (Fsp3) is 0.0952. The molecule has 1 N–H and O–H groups in total. The average Bonchev–Trinajstić information content (AvgIpc) is 3.33. The maximum absolute atomic E-state index is 12.5. The van der Waals surface area contributed by atoms with Crippen molar-refractivity contribution in [3.8, 4) is 10.6 Å². The van der Waals surface area contributed by atoms with Crippen molar-refractivity contribution in [3.63, 3.8) is 0 Å². The van der Waals surface area contributed by atoms with E-state index < -0.39 is 0 Å². The Kier molecular flexibility index (Phi) is 5.23. The molecular formula is C21H17ClN4OS. The SMILES string of the molecule is Cc1nccn1Cc1ccc(NC(=O)c2csc(-c3cccc(Cl)c3)n2)cc1. The van der Waals surface area contributed by atoms with Crippen LogP contribution >= 0.6 is 22.9 Å². The molecule has 0 unspecified atom stereocenters. The van der Waals surface area contributed by atoms with Gasteiger partial charge in [0, 0.05) is 40.6 Å². The number of nitrogens with one attached hydrogen (secondary N) is 1. The predicted octanol–water partition coefficient (Wildman–Crippen LogP) is 5.27.